The Bertz CT molecular complexity index is 172. The molecule has 0 radical (unpaired) electrons. The monoisotopic (exact) mass is 278 g/mol. The highest BCUT2D eigenvalue weighted by Crippen LogP contribution is 2.15. The standard InChI is InChI=1S/C11H23BrN2O/c1-3-14-6-4-10(5-7-14)13(2)9-11(15)8-12/h10-11,15H,3-9H2,1-2H3. The molecule has 1 fully saturated rings. The van der Waals surface area contributed by atoms with Crippen LogP contribution in [0.5, 0.6) is 0 Å². The first-order chi connectivity index (χ1) is 7.17. The molecule has 1 rings (SSSR count). The summed E-state index contributed by atoms with van der Waals surface area (Å²) in [7, 11) is 2.12. The third-order valence-corrected chi connectivity index (χ3v) is 4.05. The SMILES string of the molecule is CCN1CCC(N(C)CC(O)CBr)CC1. The van der Waals surface area contributed by atoms with Crippen LogP contribution in [0.1, 0.15) is 19.8 Å². The number of piperidine rings is 1. The van der Waals surface area contributed by atoms with E-state index in [1.54, 1.807) is 0 Å². The molecular weight excluding hydrogens is 256 g/mol. The Balaban J connectivity index is 2.26. The number of halogens is 1. The maximum atomic E-state index is 9.56. The molecule has 0 amide bonds. The number of aliphatic hydroxyl groups is 1. The van der Waals surface area contributed by atoms with E-state index >= 15 is 0 Å². The molecule has 0 saturated carbocycles. The Morgan fingerprint density at radius 1 is 1.47 bits per heavy atom. The van der Waals surface area contributed by atoms with Gasteiger partial charge in [-0.15, -0.1) is 0 Å². The number of alkyl halides is 1. The second-order valence-corrected chi connectivity index (χ2v) is 5.06. The molecule has 90 valence electrons. The molecule has 3 nitrogen and oxygen atoms in total. The minimum atomic E-state index is -0.237. The van der Waals surface area contributed by atoms with Crippen LogP contribution in [-0.4, -0.2) is 65.6 Å². The van der Waals surface area contributed by atoms with Crippen LogP contribution >= 0.6 is 15.9 Å². The number of hydrogen-bond donors (Lipinski definition) is 1. The van der Waals surface area contributed by atoms with Crippen LogP contribution in [-0.2, 0) is 0 Å². The van der Waals surface area contributed by atoms with E-state index in [9.17, 15) is 5.11 Å². The van der Waals surface area contributed by atoms with Crippen LogP contribution in [0.15, 0.2) is 0 Å². The third kappa shape index (κ3) is 4.39. The van der Waals surface area contributed by atoms with Gasteiger partial charge in [0.1, 0.15) is 0 Å². The number of aliphatic hydroxyl groups excluding tert-OH is 1. The number of rotatable bonds is 5. The second-order valence-electron chi connectivity index (χ2n) is 4.41. The number of likely N-dealkylation sites (N-methyl/N-ethyl adjacent to an activating group) is 1. The Kier molecular flexibility index (Phi) is 6.12. The summed E-state index contributed by atoms with van der Waals surface area (Å²) in [4.78, 5) is 4.80. The number of likely N-dealkylation sites (tertiary alicyclic amines) is 1. The van der Waals surface area contributed by atoms with Crippen molar-refractivity contribution in [3.63, 3.8) is 0 Å². The van der Waals surface area contributed by atoms with E-state index in [1.807, 2.05) is 0 Å². The van der Waals surface area contributed by atoms with E-state index in [-0.39, 0.29) is 6.10 Å². The lowest BCUT2D eigenvalue weighted by atomic mass is 10.0. The Labute approximate surface area is 102 Å². The van der Waals surface area contributed by atoms with Gasteiger partial charge >= 0.3 is 0 Å². The molecule has 4 heteroatoms. The van der Waals surface area contributed by atoms with Gasteiger partial charge < -0.3 is 14.9 Å². The lowest BCUT2D eigenvalue weighted by Crippen LogP contribution is -2.45. The quantitative estimate of drug-likeness (QED) is 0.765. The van der Waals surface area contributed by atoms with Crippen LogP contribution in [0.4, 0.5) is 0 Å². The first kappa shape index (κ1) is 13.4. The minimum Gasteiger partial charge on any atom is -0.391 e. The van der Waals surface area contributed by atoms with Crippen LogP contribution in [0, 0.1) is 0 Å². The zero-order chi connectivity index (χ0) is 11.3. The average molecular weight is 279 g/mol. The molecule has 0 aromatic heterocycles. The van der Waals surface area contributed by atoms with E-state index in [0.29, 0.717) is 11.4 Å². The fourth-order valence-corrected chi connectivity index (χ4v) is 2.41. The maximum absolute atomic E-state index is 9.56. The van der Waals surface area contributed by atoms with Gasteiger partial charge in [-0.2, -0.15) is 0 Å². The predicted octanol–water partition coefficient (Wildman–Crippen LogP) is 1.16. The van der Waals surface area contributed by atoms with Gasteiger partial charge in [0, 0.05) is 17.9 Å². The second kappa shape index (κ2) is 6.84. The first-order valence-corrected chi connectivity index (χ1v) is 6.96. The van der Waals surface area contributed by atoms with Crippen molar-refractivity contribution in [3.05, 3.63) is 0 Å². The van der Waals surface area contributed by atoms with Gasteiger partial charge in [0.25, 0.3) is 0 Å². The normalized spacial score (nSPS) is 22.2. The molecule has 1 N–H and O–H groups in total. The smallest absolute Gasteiger partial charge is 0.0763 e. The lowest BCUT2D eigenvalue weighted by molar-refractivity contribution is 0.0853. The van der Waals surface area contributed by atoms with Crippen molar-refractivity contribution in [1.29, 1.82) is 0 Å². The molecule has 1 aliphatic heterocycles. The topological polar surface area (TPSA) is 26.7 Å². The summed E-state index contributed by atoms with van der Waals surface area (Å²) < 4.78 is 0. The number of nitrogens with zero attached hydrogens (tertiary/aromatic N) is 2. The van der Waals surface area contributed by atoms with Crippen molar-refractivity contribution in [2.75, 3.05) is 38.6 Å². The van der Waals surface area contributed by atoms with Crippen molar-refractivity contribution in [1.82, 2.24) is 9.80 Å². The summed E-state index contributed by atoms with van der Waals surface area (Å²) in [6, 6.07) is 0.654. The van der Waals surface area contributed by atoms with E-state index < -0.39 is 0 Å². The van der Waals surface area contributed by atoms with Crippen LogP contribution in [0.3, 0.4) is 0 Å². The Hall–Kier alpha value is 0.360. The van der Waals surface area contributed by atoms with E-state index in [4.69, 9.17) is 0 Å². The average Bonchev–Trinajstić information content (AvgIpc) is 2.29. The van der Waals surface area contributed by atoms with Crippen molar-refractivity contribution in [2.45, 2.75) is 31.9 Å². The third-order valence-electron chi connectivity index (χ3n) is 3.30. The van der Waals surface area contributed by atoms with Gasteiger partial charge in [0.2, 0.25) is 0 Å². The molecule has 0 spiro atoms. The molecule has 0 bridgehead atoms. The van der Waals surface area contributed by atoms with Crippen LogP contribution in [0.2, 0.25) is 0 Å². The highest BCUT2D eigenvalue weighted by Gasteiger charge is 2.22. The summed E-state index contributed by atoms with van der Waals surface area (Å²) in [5.41, 5.74) is 0. The molecule has 1 aliphatic rings. The molecule has 1 saturated heterocycles. The van der Waals surface area contributed by atoms with Crippen molar-refractivity contribution in [3.8, 4) is 0 Å². The maximum Gasteiger partial charge on any atom is 0.0763 e. The van der Waals surface area contributed by atoms with Gasteiger partial charge in [-0.25, -0.2) is 0 Å². The van der Waals surface area contributed by atoms with Gasteiger partial charge in [-0.05, 0) is 39.5 Å². The zero-order valence-electron chi connectivity index (χ0n) is 9.82. The molecule has 0 aliphatic carbocycles. The first-order valence-electron chi connectivity index (χ1n) is 5.84. The summed E-state index contributed by atoms with van der Waals surface area (Å²) in [5, 5.41) is 10.2. The molecule has 15 heavy (non-hydrogen) atoms. The Morgan fingerprint density at radius 2 is 2.07 bits per heavy atom. The van der Waals surface area contributed by atoms with Crippen LogP contribution < -0.4 is 0 Å². The van der Waals surface area contributed by atoms with E-state index in [0.717, 1.165) is 6.54 Å². The van der Waals surface area contributed by atoms with E-state index in [1.165, 1.54) is 32.5 Å². The molecule has 1 unspecified atom stereocenters. The van der Waals surface area contributed by atoms with Crippen LogP contribution in [0.25, 0.3) is 0 Å². The fraction of sp³-hybridized carbons (Fsp3) is 1.00. The predicted molar refractivity (Wildman–Crippen MR) is 67.6 cm³/mol. The van der Waals surface area contributed by atoms with E-state index in [2.05, 4.69) is 39.7 Å². The summed E-state index contributed by atoms with van der Waals surface area (Å²) in [6.45, 7) is 6.58. The molecule has 0 aromatic carbocycles. The molecule has 1 heterocycles. The number of hydrogen-bond acceptors (Lipinski definition) is 3. The summed E-state index contributed by atoms with van der Waals surface area (Å²) in [5.74, 6) is 0. The zero-order valence-corrected chi connectivity index (χ0v) is 11.4. The highest BCUT2D eigenvalue weighted by molar-refractivity contribution is 9.09. The lowest BCUT2D eigenvalue weighted by Gasteiger charge is -2.36. The van der Waals surface area contributed by atoms with Crippen molar-refractivity contribution < 1.29 is 5.11 Å². The minimum absolute atomic E-state index is 0.237. The van der Waals surface area contributed by atoms with Gasteiger partial charge in [0.05, 0.1) is 6.10 Å². The highest BCUT2D eigenvalue weighted by atomic mass is 79.9. The van der Waals surface area contributed by atoms with Gasteiger partial charge in [0.15, 0.2) is 0 Å². The van der Waals surface area contributed by atoms with Crippen molar-refractivity contribution >= 4 is 15.9 Å². The van der Waals surface area contributed by atoms with Gasteiger partial charge in [-0.1, -0.05) is 22.9 Å². The molecule has 1 atom stereocenters. The van der Waals surface area contributed by atoms with Crippen molar-refractivity contribution in [2.24, 2.45) is 0 Å². The Morgan fingerprint density at radius 3 is 2.53 bits per heavy atom. The largest absolute Gasteiger partial charge is 0.391 e. The fourth-order valence-electron chi connectivity index (χ4n) is 2.21. The summed E-state index contributed by atoms with van der Waals surface area (Å²) in [6.07, 6.45) is 2.23. The molecule has 0 aromatic rings. The molecular formula is C11H23BrN2O. The van der Waals surface area contributed by atoms with Gasteiger partial charge in [-0.3, -0.25) is 0 Å². The summed E-state index contributed by atoms with van der Waals surface area (Å²) >= 11 is 3.30.